The van der Waals surface area contributed by atoms with E-state index in [0.717, 1.165) is 0 Å². The summed E-state index contributed by atoms with van der Waals surface area (Å²) in [6.07, 6.45) is -3.20. The first-order valence-corrected chi connectivity index (χ1v) is 5.05. The molecule has 0 aromatic rings. The summed E-state index contributed by atoms with van der Waals surface area (Å²) in [7, 11) is 0. The van der Waals surface area contributed by atoms with Gasteiger partial charge in [-0.05, 0) is 6.42 Å². The van der Waals surface area contributed by atoms with Crippen LogP contribution in [0.1, 0.15) is 32.6 Å². The Balaban J connectivity index is 4.75. The molecule has 0 rings (SSSR count). The summed E-state index contributed by atoms with van der Waals surface area (Å²) in [4.78, 5) is 0. The second-order valence-electron chi connectivity index (χ2n) is 3.80. The molecule has 3 N–H and O–H groups in total. The Kier molecular flexibility index (Phi) is 5.30. The molecule has 0 saturated heterocycles. The van der Waals surface area contributed by atoms with Crippen molar-refractivity contribution in [3.8, 4) is 0 Å². The van der Waals surface area contributed by atoms with E-state index in [9.17, 15) is 22.0 Å². The molecule has 0 amide bonds. The highest BCUT2D eigenvalue weighted by molar-refractivity contribution is 4.95. The van der Waals surface area contributed by atoms with Gasteiger partial charge in [0.2, 0.25) is 0 Å². The van der Waals surface area contributed by atoms with E-state index in [1.807, 2.05) is 0 Å². The molecule has 0 aromatic carbocycles. The van der Waals surface area contributed by atoms with Gasteiger partial charge in [0.1, 0.15) is 0 Å². The zero-order chi connectivity index (χ0) is 13.9. The van der Waals surface area contributed by atoms with E-state index in [-0.39, 0.29) is 6.42 Å². The standard InChI is InChI=1S/C9H15F5O3/c1-2-3-4-5-6(10)7(11,12)8(13,14)9(15,16)17/h6,15-17H,2-5H2,1H3. The number of aliphatic hydroxyl groups is 3. The topological polar surface area (TPSA) is 60.7 Å². The fourth-order valence-corrected chi connectivity index (χ4v) is 1.18. The van der Waals surface area contributed by atoms with Crippen LogP contribution in [-0.2, 0) is 0 Å². The minimum Gasteiger partial charge on any atom is -0.339 e. The van der Waals surface area contributed by atoms with Gasteiger partial charge in [0.05, 0.1) is 0 Å². The molecule has 0 fully saturated rings. The van der Waals surface area contributed by atoms with Gasteiger partial charge in [-0.25, -0.2) is 4.39 Å². The minimum atomic E-state index is -5.69. The largest absolute Gasteiger partial charge is 0.391 e. The number of unbranched alkanes of at least 4 members (excludes halogenated alkanes) is 2. The van der Waals surface area contributed by atoms with Crippen molar-refractivity contribution in [3.63, 3.8) is 0 Å². The van der Waals surface area contributed by atoms with Crippen LogP contribution in [0.15, 0.2) is 0 Å². The van der Waals surface area contributed by atoms with E-state index in [4.69, 9.17) is 15.3 Å². The first kappa shape index (κ1) is 16.5. The highest BCUT2D eigenvalue weighted by atomic mass is 19.3. The van der Waals surface area contributed by atoms with Gasteiger partial charge in [0.15, 0.2) is 6.17 Å². The van der Waals surface area contributed by atoms with Crippen LogP contribution in [-0.4, -0.2) is 39.3 Å². The SMILES string of the molecule is CCCCCC(F)C(F)(F)C(F)(F)C(O)(O)O. The summed E-state index contributed by atoms with van der Waals surface area (Å²) in [5.74, 6) is -16.0. The van der Waals surface area contributed by atoms with Gasteiger partial charge in [-0.15, -0.1) is 0 Å². The maximum absolute atomic E-state index is 13.0. The minimum absolute atomic E-state index is 0.0430. The Morgan fingerprint density at radius 1 is 1.00 bits per heavy atom. The monoisotopic (exact) mass is 266 g/mol. The van der Waals surface area contributed by atoms with Crippen LogP contribution in [0, 0.1) is 0 Å². The van der Waals surface area contributed by atoms with Crippen molar-refractivity contribution in [2.24, 2.45) is 0 Å². The van der Waals surface area contributed by atoms with Crippen LogP contribution in [0.5, 0.6) is 0 Å². The predicted molar refractivity (Wildman–Crippen MR) is 48.3 cm³/mol. The van der Waals surface area contributed by atoms with E-state index in [1.165, 1.54) is 0 Å². The van der Waals surface area contributed by atoms with Gasteiger partial charge >= 0.3 is 17.8 Å². The highest BCUT2D eigenvalue weighted by Crippen LogP contribution is 2.44. The molecule has 0 heterocycles. The molecule has 1 atom stereocenters. The molecule has 0 saturated carbocycles. The molecule has 0 aliphatic heterocycles. The number of rotatable bonds is 7. The van der Waals surface area contributed by atoms with Crippen molar-refractivity contribution in [1.29, 1.82) is 0 Å². The second-order valence-corrected chi connectivity index (χ2v) is 3.80. The summed E-state index contributed by atoms with van der Waals surface area (Å²) in [6.45, 7) is 1.71. The van der Waals surface area contributed by atoms with Gasteiger partial charge in [-0.1, -0.05) is 26.2 Å². The first-order chi connectivity index (χ1) is 7.48. The van der Waals surface area contributed by atoms with Crippen LogP contribution >= 0.6 is 0 Å². The molecule has 0 aromatic heterocycles. The van der Waals surface area contributed by atoms with Gasteiger partial charge in [0.25, 0.3) is 0 Å². The number of halogens is 5. The lowest BCUT2D eigenvalue weighted by molar-refractivity contribution is -0.450. The summed E-state index contributed by atoms with van der Waals surface area (Å²) >= 11 is 0. The third kappa shape index (κ3) is 3.49. The van der Waals surface area contributed by atoms with Crippen LogP contribution in [0.2, 0.25) is 0 Å². The Bertz CT molecular complexity index is 239. The van der Waals surface area contributed by atoms with Crippen molar-refractivity contribution in [3.05, 3.63) is 0 Å². The van der Waals surface area contributed by atoms with E-state index < -0.39 is 30.4 Å². The average molecular weight is 266 g/mol. The van der Waals surface area contributed by atoms with Gasteiger partial charge in [-0.2, -0.15) is 17.6 Å². The van der Waals surface area contributed by atoms with Gasteiger partial charge in [-0.3, -0.25) is 0 Å². The maximum atomic E-state index is 13.0. The Morgan fingerprint density at radius 3 is 1.82 bits per heavy atom. The number of alkyl halides is 5. The fraction of sp³-hybridized carbons (Fsp3) is 1.00. The Labute approximate surface area is 94.9 Å². The smallest absolute Gasteiger partial charge is 0.339 e. The highest BCUT2D eigenvalue weighted by Gasteiger charge is 2.72. The van der Waals surface area contributed by atoms with Crippen molar-refractivity contribution >= 4 is 0 Å². The molecule has 3 nitrogen and oxygen atoms in total. The fourth-order valence-electron chi connectivity index (χ4n) is 1.18. The molecule has 17 heavy (non-hydrogen) atoms. The van der Waals surface area contributed by atoms with E-state index in [2.05, 4.69) is 0 Å². The molecule has 0 spiro atoms. The molecule has 0 radical (unpaired) electrons. The number of hydrogen-bond acceptors (Lipinski definition) is 3. The van der Waals surface area contributed by atoms with Crippen molar-refractivity contribution in [1.82, 2.24) is 0 Å². The van der Waals surface area contributed by atoms with Crippen LogP contribution in [0.4, 0.5) is 22.0 Å². The van der Waals surface area contributed by atoms with Gasteiger partial charge < -0.3 is 15.3 Å². The van der Waals surface area contributed by atoms with Crippen molar-refractivity contribution in [2.75, 3.05) is 0 Å². The molecule has 0 aliphatic carbocycles. The summed E-state index contributed by atoms with van der Waals surface area (Å²) in [5, 5.41) is 24.3. The zero-order valence-electron chi connectivity index (χ0n) is 9.14. The Morgan fingerprint density at radius 2 is 1.47 bits per heavy atom. The summed E-state index contributed by atoms with van der Waals surface area (Å²) < 4.78 is 64.2. The first-order valence-electron chi connectivity index (χ1n) is 5.05. The summed E-state index contributed by atoms with van der Waals surface area (Å²) in [6, 6.07) is 0. The van der Waals surface area contributed by atoms with Crippen LogP contribution < -0.4 is 0 Å². The third-order valence-electron chi connectivity index (χ3n) is 2.29. The second kappa shape index (κ2) is 5.45. The van der Waals surface area contributed by atoms with Gasteiger partial charge in [0, 0.05) is 0 Å². The molecular weight excluding hydrogens is 251 g/mol. The maximum Gasteiger partial charge on any atom is 0.391 e. The quantitative estimate of drug-likeness (QED) is 0.374. The number of hydrogen-bond donors (Lipinski definition) is 3. The van der Waals surface area contributed by atoms with Crippen molar-refractivity contribution < 1.29 is 37.3 Å². The predicted octanol–water partition coefficient (Wildman–Crippen LogP) is 1.81. The molecule has 104 valence electrons. The lowest BCUT2D eigenvalue weighted by Crippen LogP contribution is -2.62. The molecule has 1 unspecified atom stereocenters. The summed E-state index contributed by atoms with van der Waals surface area (Å²) in [5.41, 5.74) is 0. The molecular formula is C9H15F5O3. The molecule has 0 aliphatic rings. The lowest BCUT2D eigenvalue weighted by Gasteiger charge is -2.33. The third-order valence-corrected chi connectivity index (χ3v) is 2.29. The van der Waals surface area contributed by atoms with E-state index in [1.54, 1.807) is 6.92 Å². The normalized spacial score (nSPS) is 16.1. The Hall–Kier alpha value is -0.470. The van der Waals surface area contributed by atoms with Crippen LogP contribution in [0.25, 0.3) is 0 Å². The van der Waals surface area contributed by atoms with E-state index >= 15 is 0 Å². The average Bonchev–Trinajstić information content (AvgIpc) is 2.15. The zero-order valence-corrected chi connectivity index (χ0v) is 9.14. The van der Waals surface area contributed by atoms with E-state index in [0.29, 0.717) is 12.8 Å². The van der Waals surface area contributed by atoms with Crippen molar-refractivity contribution in [2.45, 2.75) is 56.6 Å². The van der Waals surface area contributed by atoms with Crippen LogP contribution in [0.3, 0.4) is 0 Å². The molecule has 8 heteroatoms. The lowest BCUT2D eigenvalue weighted by atomic mass is 10.00. The molecule has 0 bridgehead atoms.